The van der Waals surface area contributed by atoms with Gasteiger partial charge in [-0.15, -0.1) is 0 Å². The molecule has 0 atom stereocenters. The number of rotatable bonds is 10. The van der Waals surface area contributed by atoms with Crippen molar-refractivity contribution in [2.24, 2.45) is 0 Å². The van der Waals surface area contributed by atoms with E-state index in [-0.39, 0.29) is 0 Å². The van der Waals surface area contributed by atoms with Gasteiger partial charge in [0.2, 0.25) is 0 Å². The highest BCUT2D eigenvalue weighted by Gasteiger charge is 2.22. The van der Waals surface area contributed by atoms with Crippen molar-refractivity contribution in [2.45, 2.75) is 0 Å². The second kappa shape index (κ2) is 17.7. The SMILES string of the molecule is c1ccc(-c2ccc(-c3ccc(N(c4cccc(-c5ccc6ccccc6c5)c4)c4ccccc4-c4cc(-c5ccccc5)ccc4-c4ccccc4-c4ccccc4)cc3)cc2)cc1. The van der Waals surface area contributed by atoms with E-state index in [4.69, 9.17) is 0 Å². The second-order valence-corrected chi connectivity index (χ2v) is 16.5. The third-order valence-electron chi connectivity index (χ3n) is 12.5. The lowest BCUT2D eigenvalue weighted by molar-refractivity contribution is 1.28. The Balaban J connectivity index is 1.09. The van der Waals surface area contributed by atoms with Gasteiger partial charge in [-0.25, -0.2) is 0 Å². The Bertz CT molecular complexity index is 3390. The van der Waals surface area contributed by atoms with Gasteiger partial charge < -0.3 is 4.90 Å². The molecule has 0 bridgehead atoms. The maximum Gasteiger partial charge on any atom is 0.0540 e. The van der Waals surface area contributed by atoms with Gasteiger partial charge >= 0.3 is 0 Å². The van der Waals surface area contributed by atoms with Crippen LogP contribution >= 0.6 is 0 Å². The summed E-state index contributed by atoms with van der Waals surface area (Å²) < 4.78 is 0. The summed E-state index contributed by atoms with van der Waals surface area (Å²) >= 11 is 0. The highest BCUT2D eigenvalue weighted by molar-refractivity contribution is 5.99. The average Bonchev–Trinajstić information content (AvgIpc) is 3.40. The Morgan fingerprint density at radius 1 is 0.185 bits per heavy atom. The first-order valence-electron chi connectivity index (χ1n) is 22.3. The number of hydrogen-bond donors (Lipinski definition) is 0. The van der Waals surface area contributed by atoms with Gasteiger partial charge in [-0.05, 0) is 126 Å². The molecule has 65 heavy (non-hydrogen) atoms. The van der Waals surface area contributed by atoms with Gasteiger partial charge in [0.25, 0.3) is 0 Å². The largest absolute Gasteiger partial charge is 0.310 e. The van der Waals surface area contributed by atoms with Crippen molar-refractivity contribution in [2.75, 3.05) is 4.90 Å². The zero-order chi connectivity index (χ0) is 43.4. The molecule has 1 nitrogen and oxygen atoms in total. The molecular weight excluding hydrogens is 783 g/mol. The van der Waals surface area contributed by atoms with E-state index in [0.29, 0.717) is 0 Å². The molecule has 306 valence electrons. The van der Waals surface area contributed by atoms with Gasteiger partial charge in [0.05, 0.1) is 5.69 Å². The molecule has 1 heteroatoms. The molecule has 0 heterocycles. The van der Waals surface area contributed by atoms with Gasteiger partial charge in [0.1, 0.15) is 0 Å². The van der Waals surface area contributed by atoms with E-state index in [2.05, 4.69) is 278 Å². The number of hydrogen-bond acceptors (Lipinski definition) is 1. The van der Waals surface area contributed by atoms with E-state index in [9.17, 15) is 0 Å². The fraction of sp³-hybridized carbons (Fsp3) is 0. The van der Waals surface area contributed by atoms with Gasteiger partial charge in [-0.1, -0.05) is 231 Å². The first kappa shape index (κ1) is 39.3. The Morgan fingerprint density at radius 2 is 0.615 bits per heavy atom. The molecule has 11 aromatic rings. The topological polar surface area (TPSA) is 3.24 Å². The molecule has 0 unspecified atom stereocenters. The molecule has 0 spiro atoms. The molecule has 0 radical (unpaired) electrons. The van der Waals surface area contributed by atoms with E-state index in [0.717, 1.165) is 33.8 Å². The van der Waals surface area contributed by atoms with Gasteiger partial charge in [-0.3, -0.25) is 0 Å². The van der Waals surface area contributed by atoms with E-state index in [1.54, 1.807) is 0 Å². The van der Waals surface area contributed by atoms with Gasteiger partial charge in [0, 0.05) is 16.9 Å². The van der Waals surface area contributed by atoms with Crippen molar-refractivity contribution >= 4 is 27.8 Å². The Labute approximate surface area is 381 Å². The molecular formula is C64H45N. The van der Waals surface area contributed by atoms with E-state index in [1.165, 1.54) is 72.0 Å². The third-order valence-corrected chi connectivity index (χ3v) is 12.5. The Kier molecular flexibility index (Phi) is 10.7. The molecule has 11 rings (SSSR count). The lowest BCUT2D eigenvalue weighted by Gasteiger charge is -2.29. The molecule has 0 saturated carbocycles. The van der Waals surface area contributed by atoms with E-state index < -0.39 is 0 Å². The molecule has 0 aromatic heterocycles. The first-order valence-corrected chi connectivity index (χ1v) is 22.3. The predicted molar refractivity (Wildman–Crippen MR) is 277 cm³/mol. The van der Waals surface area contributed by atoms with Crippen LogP contribution in [-0.2, 0) is 0 Å². The van der Waals surface area contributed by atoms with Crippen LogP contribution in [0.25, 0.3) is 88.7 Å². The van der Waals surface area contributed by atoms with Crippen LogP contribution in [0.3, 0.4) is 0 Å². The van der Waals surface area contributed by atoms with Crippen molar-refractivity contribution < 1.29 is 0 Å². The monoisotopic (exact) mass is 827 g/mol. The average molecular weight is 828 g/mol. The maximum atomic E-state index is 2.43. The summed E-state index contributed by atoms with van der Waals surface area (Å²) in [5, 5.41) is 2.46. The van der Waals surface area contributed by atoms with Crippen LogP contribution in [0.15, 0.2) is 273 Å². The first-order chi connectivity index (χ1) is 32.2. The van der Waals surface area contributed by atoms with Crippen LogP contribution in [0.1, 0.15) is 0 Å². The van der Waals surface area contributed by atoms with Crippen LogP contribution in [0, 0.1) is 0 Å². The zero-order valence-corrected chi connectivity index (χ0v) is 35.9. The van der Waals surface area contributed by atoms with Crippen molar-refractivity contribution in [3.8, 4) is 77.9 Å². The minimum atomic E-state index is 1.07. The van der Waals surface area contributed by atoms with Crippen LogP contribution in [0.2, 0.25) is 0 Å². The number of benzene rings is 11. The fourth-order valence-electron chi connectivity index (χ4n) is 9.21. The van der Waals surface area contributed by atoms with Crippen LogP contribution in [-0.4, -0.2) is 0 Å². The molecule has 0 aliphatic rings. The van der Waals surface area contributed by atoms with Crippen LogP contribution < -0.4 is 4.90 Å². The molecule has 11 aromatic carbocycles. The van der Waals surface area contributed by atoms with Crippen molar-refractivity contribution in [3.63, 3.8) is 0 Å². The minimum absolute atomic E-state index is 1.07. The second-order valence-electron chi connectivity index (χ2n) is 16.5. The van der Waals surface area contributed by atoms with E-state index in [1.807, 2.05) is 0 Å². The molecule has 0 amide bonds. The lowest BCUT2D eigenvalue weighted by atomic mass is 9.86. The Morgan fingerprint density at radius 3 is 1.29 bits per heavy atom. The van der Waals surface area contributed by atoms with Crippen molar-refractivity contribution in [1.82, 2.24) is 0 Å². The van der Waals surface area contributed by atoms with Crippen molar-refractivity contribution in [1.29, 1.82) is 0 Å². The zero-order valence-electron chi connectivity index (χ0n) is 35.9. The summed E-state index contributed by atoms with van der Waals surface area (Å²) in [6.07, 6.45) is 0. The molecule has 0 fully saturated rings. The van der Waals surface area contributed by atoms with E-state index >= 15 is 0 Å². The number of fused-ring (bicyclic) bond motifs is 1. The van der Waals surface area contributed by atoms with Gasteiger partial charge in [0.15, 0.2) is 0 Å². The quantitative estimate of drug-likeness (QED) is 0.133. The minimum Gasteiger partial charge on any atom is -0.310 e. The summed E-state index contributed by atoms with van der Waals surface area (Å²) in [7, 11) is 0. The molecule has 0 N–H and O–H groups in total. The molecule has 0 aliphatic heterocycles. The predicted octanol–water partition coefficient (Wildman–Crippen LogP) is 18.0. The summed E-state index contributed by atoms with van der Waals surface area (Å²) in [4.78, 5) is 2.43. The van der Waals surface area contributed by atoms with Crippen LogP contribution in [0.4, 0.5) is 17.1 Å². The third kappa shape index (κ3) is 8.04. The summed E-state index contributed by atoms with van der Waals surface area (Å²) in [5.41, 5.74) is 19.8. The Hall–Kier alpha value is -8.52. The number of anilines is 3. The van der Waals surface area contributed by atoms with Crippen LogP contribution in [0.5, 0.6) is 0 Å². The lowest BCUT2D eigenvalue weighted by Crippen LogP contribution is -2.11. The summed E-state index contributed by atoms with van der Waals surface area (Å²) in [6.45, 7) is 0. The highest BCUT2D eigenvalue weighted by atomic mass is 15.1. The standard InChI is InChI=1S/C64H45N/c1-4-17-46(18-5-1)49-31-33-50(34-32-49)51-37-40-57(41-38-51)65(58-26-16-25-54(44-58)55-36-35-48-21-10-11-24-53(48)43-55)64-30-15-14-29-62(64)63-45-56(47-19-6-2-7-20-47)39-42-61(63)60-28-13-12-27-59(60)52-22-8-3-9-23-52/h1-45H. The maximum absolute atomic E-state index is 2.43. The normalized spacial score (nSPS) is 11.1. The van der Waals surface area contributed by atoms with Gasteiger partial charge in [-0.2, -0.15) is 0 Å². The smallest absolute Gasteiger partial charge is 0.0540 e. The molecule has 0 aliphatic carbocycles. The van der Waals surface area contributed by atoms with Crippen molar-refractivity contribution in [3.05, 3.63) is 273 Å². The number of nitrogens with zero attached hydrogens (tertiary/aromatic N) is 1. The summed E-state index contributed by atoms with van der Waals surface area (Å²) in [5.74, 6) is 0. The number of para-hydroxylation sites is 1. The highest BCUT2D eigenvalue weighted by Crippen LogP contribution is 2.47. The summed E-state index contributed by atoms with van der Waals surface area (Å²) in [6, 6.07) is 99.0. The molecule has 0 saturated heterocycles. The fourth-order valence-corrected chi connectivity index (χ4v) is 9.21.